The van der Waals surface area contributed by atoms with Gasteiger partial charge in [-0.15, -0.1) is 0 Å². The molecular weight excluding hydrogens is 454 g/mol. The lowest BCUT2D eigenvalue weighted by atomic mass is 10.1. The fourth-order valence-electron chi connectivity index (χ4n) is 4.00. The number of benzene rings is 2. The minimum absolute atomic E-state index is 0.163. The van der Waals surface area contributed by atoms with E-state index in [1.807, 2.05) is 43.3 Å². The van der Waals surface area contributed by atoms with Crippen molar-refractivity contribution in [3.63, 3.8) is 0 Å². The Bertz CT molecular complexity index is 1030. The summed E-state index contributed by atoms with van der Waals surface area (Å²) in [5, 5.41) is 0. The second-order valence-electron chi connectivity index (χ2n) is 8.90. The molecule has 36 heavy (non-hydrogen) atoms. The quantitative estimate of drug-likeness (QED) is 0.303. The Morgan fingerprint density at radius 3 is 1.78 bits per heavy atom. The molecule has 1 heterocycles. The summed E-state index contributed by atoms with van der Waals surface area (Å²) in [6, 6.07) is 15.6. The highest BCUT2D eigenvalue weighted by Gasteiger charge is 2.41. The molecule has 1 fully saturated rings. The number of Topliss-reactive ketones (excluding diaryl/α,β-unsaturated/α-hetero) is 1. The molecule has 6 nitrogen and oxygen atoms in total. The van der Waals surface area contributed by atoms with E-state index in [2.05, 4.69) is 30.9 Å². The zero-order valence-electron chi connectivity index (χ0n) is 22.2. The van der Waals surface area contributed by atoms with Crippen molar-refractivity contribution in [2.75, 3.05) is 31.7 Å². The summed E-state index contributed by atoms with van der Waals surface area (Å²) in [6.45, 7) is 10.4. The number of hydrogen-bond donors (Lipinski definition) is 0. The van der Waals surface area contributed by atoms with Gasteiger partial charge in [-0.2, -0.15) is 0 Å². The normalized spacial score (nSPS) is 19.8. The highest BCUT2D eigenvalue weighted by molar-refractivity contribution is 6.11. The maximum atomic E-state index is 13.3. The molecule has 3 rings (SSSR count). The lowest BCUT2D eigenvalue weighted by Crippen LogP contribution is -2.42. The van der Waals surface area contributed by atoms with Crippen LogP contribution in [0.5, 0.6) is 5.75 Å². The average molecular weight is 494 g/mol. The number of rotatable bonds is 12. The van der Waals surface area contributed by atoms with E-state index in [-0.39, 0.29) is 17.3 Å². The van der Waals surface area contributed by atoms with E-state index in [9.17, 15) is 4.79 Å². The van der Waals surface area contributed by atoms with Crippen LogP contribution in [0.2, 0.25) is 0 Å². The van der Waals surface area contributed by atoms with Crippen LogP contribution in [0.3, 0.4) is 0 Å². The van der Waals surface area contributed by atoms with Crippen LogP contribution in [0.25, 0.3) is 12.2 Å². The first kappa shape index (κ1) is 27.3. The monoisotopic (exact) mass is 493 g/mol. The summed E-state index contributed by atoms with van der Waals surface area (Å²) in [5.74, 6) is -0.653. The van der Waals surface area contributed by atoms with E-state index in [1.54, 1.807) is 26.2 Å². The topological polar surface area (TPSA) is 57.2 Å². The number of methoxy groups -OCH3 is 1. The molecule has 0 spiro atoms. The van der Waals surface area contributed by atoms with Gasteiger partial charge in [0.25, 0.3) is 5.78 Å². The fraction of sp³-hybridized carbons (Fsp3) is 0.433. The Labute approximate surface area is 215 Å². The molecule has 1 atom stereocenters. The van der Waals surface area contributed by atoms with Gasteiger partial charge in [-0.3, -0.25) is 4.79 Å². The maximum Gasteiger partial charge on any atom is 0.368 e. The molecule has 0 bridgehead atoms. The second kappa shape index (κ2) is 13.2. The minimum atomic E-state index is -1.40. The lowest BCUT2D eigenvalue weighted by molar-refractivity contribution is -0.343. The Kier molecular flexibility index (Phi) is 10.00. The van der Waals surface area contributed by atoms with Crippen molar-refractivity contribution in [2.24, 2.45) is 0 Å². The molecule has 0 aromatic heterocycles. The molecule has 1 unspecified atom stereocenters. The third kappa shape index (κ3) is 7.37. The van der Waals surface area contributed by atoms with Crippen LogP contribution in [0.1, 0.15) is 64.5 Å². The molecule has 6 heteroatoms. The molecule has 0 amide bonds. The third-order valence-corrected chi connectivity index (χ3v) is 5.98. The van der Waals surface area contributed by atoms with Crippen LogP contribution in [-0.4, -0.2) is 38.6 Å². The van der Waals surface area contributed by atoms with E-state index in [4.69, 9.17) is 18.9 Å². The van der Waals surface area contributed by atoms with Gasteiger partial charge in [0.1, 0.15) is 5.75 Å². The molecule has 2 aromatic carbocycles. The first-order chi connectivity index (χ1) is 17.4. The number of anilines is 1. The zero-order chi connectivity index (χ0) is 26.0. The third-order valence-electron chi connectivity index (χ3n) is 5.98. The molecular formula is C30H39NO5. The standard InChI is InChI=1S/C30H39NO5/c1-6-9-19-31(20-10-7-2)25-15-11-23(12-16-25)21-27-29(32)28(36-30(4,35-27)34-8-3)22-24-13-17-26(33-5)18-14-24/h11-18,21-22H,6-10,19-20H2,1-5H3. The molecule has 2 aromatic rings. The summed E-state index contributed by atoms with van der Waals surface area (Å²) in [4.78, 5) is 15.7. The van der Waals surface area contributed by atoms with Crippen LogP contribution in [-0.2, 0) is 19.0 Å². The molecule has 1 aliphatic heterocycles. The molecule has 194 valence electrons. The van der Waals surface area contributed by atoms with Crippen LogP contribution >= 0.6 is 0 Å². The Morgan fingerprint density at radius 2 is 1.33 bits per heavy atom. The van der Waals surface area contributed by atoms with Crippen molar-refractivity contribution in [3.05, 3.63) is 71.2 Å². The predicted octanol–water partition coefficient (Wildman–Crippen LogP) is 6.81. The summed E-state index contributed by atoms with van der Waals surface area (Å²) >= 11 is 0. The van der Waals surface area contributed by atoms with Crippen molar-refractivity contribution in [3.8, 4) is 5.75 Å². The highest BCUT2D eigenvalue weighted by atomic mass is 16.9. The van der Waals surface area contributed by atoms with E-state index in [0.717, 1.165) is 42.8 Å². The molecule has 1 aliphatic rings. The number of nitrogens with zero attached hydrogens (tertiary/aromatic N) is 1. The van der Waals surface area contributed by atoms with Gasteiger partial charge in [0.05, 0.1) is 13.7 Å². The van der Waals surface area contributed by atoms with Gasteiger partial charge in [-0.25, -0.2) is 0 Å². The van der Waals surface area contributed by atoms with Gasteiger partial charge in [0, 0.05) is 25.7 Å². The van der Waals surface area contributed by atoms with E-state index in [1.165, 1.54) is 18.5 Å². The Balaban J connectivity index is 1.87. The largest absolute Gasteiger partial charge is 0.497 e. The van der Waals surface area contributed by atoms with Crippen molar-refractivity contribution >= 4 is 23.6 Å². The van der Waals surface area contributed by atoms with Crippen molar-refractivity contribution in [1.29, 1.82) is 0 Å². The Hall–Kier alpha value is -3.25. The van der Waals surface area contributed by atoms with Crippen LogP contribution in [0.15, 0.2) is 60.0 Å². The number of hydrogen-bond acceptors (Lipinski definition) is 6. The van der Waals surface area contributed by atoms with Gasteiger partial charge >= 0.3 is 5.97 Å². The fourth-order valence-corrected chi connectivity index (χ4v) is 4.00. The number of ketones is 1. The molecule has 0 saturated carbocycles. The molecule has 0 aliphatic carbocycles. The van der Waals surface area contributed by atoms with E-state index < -0.39 is 5.97 Å². The van der Waals surface area contributed by atoms with Gasteiger partial charge in [0.2, 0.25) is 0 Å². The van der Waals surface area contributed by atoms with Crippen LogP contribution in [0, 0.1) is 0 Å². The number of carbonyl (C=O) groups excluding carboxylic acids is 1. The van der Waals surface area contributed by atoms with E-state index in [0.29, 0.717) is 6.61 Å². The van der Waals surface area contributed by atoms with Gasteiger partial charge in [-0.05, 0) is 67.3 Å². The summed E-state index contributed by atoms with van der Waals surface area (Å²) in [6.07, 6.45) is 8.10. The first-order valence-electron chi connectivity index (χ1n) is 12.9. The summed E-state index contributed by atoms with van der Waals surface area (Å²) < 4.78 is 22.7. The SMILES string of the molecule is CCCCN(CCCC)c1ccc(C=C2OC(C)(OCC)OC(=Cc3ccc(OC)cc3)C2=O)cc1. The Morgan fingerprint density at radius 1 is 0.833 bits per heavy atom. The van der Waals surface area contributed by atoms with Crippen LogP contribution < -0.4 is 9.64 Å². The second-order valence-corrected chi connectivity index (χ2v) is 8.90. The van der Waals surface area contributed by atoms with Crippen molar-refractivity contribution in [1.82, 2.24) is 0 Å². The summed E-state index contributed by atoms with van der Waals surface area (Å²) in [5.41, 5.74) is 2.87. The average Bonchev–Trinajstić information content (AvgIpc) is 2.88. The van der Waals surface area contributed by atoms with Crippen molar-refractivity contribution in [2.45, 2.75) is 59.4 Å². The lowest BCUT2D eigenvalue weighted by Gasteiger charge is -2.35. The maximum absolute atomic E-state index is 13.3. The van der Waals surface area contributed by atoms with Gasteiger partial charge in [-0.1, -0.05) is 51.0 Å². The molecule has 0 N–H and O–H groups in total. The van der Waals surface area contributed by atoms with Crippen molar-refractivity contribution < 1.29 is 23.7 Å². The first-order valence-corrected chi connectivity index (χ1v) is 12.9. The van der Waals surface area contributed by atoms with Gasteiger partial charge < -0.3 is 23.8 Å². The van der Waals surface area contributed by atoms with Crippen LogP contribution in [0.4, 0.5) is 5.69 Å². The predicted molar refractivity (Wildman–Crippen MR) is 145 cm³/mol. The zero-order valence-corrected chi connectivity index (χ0v) is 22.2. The minimum Gasteiger partial charge on any atom is -0.497 e. The van der Waals surface area contributed by atoms with E-state index >= 15 is 0 Å². The highest BCUT2D eigenvalue weighted by Crippen LogP contribution is 2.33. The smallest absolute Gasteiger partial charge is 0.368 e. The number of ether oxygens (including phenoxy) is 4. The summed E-state index contributed by atoms with van der Waals surface area (Å²) in [7, 11) is 1.61. The molecule has 1 saturated heterocycles. The number of carbonyl (C=O) groups is 1. The number of unbranched alkanes of at least 4 members (excludes halogenated alkanes) is 2. The molecule has 0 radical (unpaired) electrons. The van der Waals surface area contributed by atoms with Gasteiger partial charge in [0.15, 0.2) is 11.5 Å².